The Kier molecular flexibility index (Phi) is 6.31. The van der Waals surface area contributed by atoms with Crippen LogP contribution in [0.2, 0.25) is 0 Å². The molecule has 1 aliphatic carbocycles. The highest BCUT2D eigenvalue weighted by Crippen LogP contribution is 2.48. The van der Waals surface area contributed by atoms with Crippen molar-refractivity contribution in [2.24, 2.45) is 11.8 Å². The Balaban J connectivity index is 1.54. The number of nitrogens with zero attached hydrogens (tertiary/aromatic N) is 2. The molecule has 4 rings (SSSR count). The van der Waals surface area contributed by atoms with Crippen LogP contribution in [-0.4, -0.2) is 18.5 Å². The minimum atomic E-state index is -0.574. The molecule has 3 aromatic carbocycles. The highest BCUT2D eigenvalue weighted by molar-refractivity contribution is 5.47. The molecule has 2 unspecified atom stereocenters. The van der Waals surface area contributed by atoms with Crippen LogP contribution in [0.5, 0.6) is 0 Å². The first-order chi connectivity index (χ1) is 14.7. The van der Waals surface area contributed by atoms with Gasteiger partial charge in [0.15, 0.2) is 0 Å². The molecule has 2 nitrogen and oxygen atoms in total. The Morgan fingerprint density at radius 2 is 1.37 bits per heavy atom. The standard InChI is InChI=1S/C28H30N2/c1-30(20-23-11-5-2-6-12-23)21-24-17-18-27(19-24)28(22-29,25-13-7-3-8-14-25)26-15-9-4-10-16-26/h2-16,24,27H,17-21H2,1H3. The summed E-state index contributed by atoms with van der Waals surface area (Å²) in [5.74, 6) is 0.964. The monoisotopic (exact) mass is 394 g/mol. The Hall–Kier alpha value is -2.89. The third kappa shape index (κ3) is 4.18. The van der Waals surface area contributed by atoms with Crippen molar-refractivity contribution in [3.8, 4) is 6.07 Å². The highest BCUT2D eigenvalue weighted by atomic mass is 15.1. The molecule has 152 valence electrons. The maximum Gasteiger partial charge on any atom is 0.110 e. The van der Waals surface area contributed by atoms with Crippen molar-refractivity contribution in [3.63, 3.8) is 0 Å². The van der Waals surface area contributed by atoms with Crippen molar-refractivity contribution in [1.29, 1.82) is 5.26 Å². The van der Waals surface area contributed by atoms with Gasteiger partial charge >= 0.3 is 0 Å². The fourth-order valence-corrected chi connectivity index (χ4v) is 5.30. The van der Waals surface area contributed by atoms with Gasteiger partial charge in [0.25, 0.3) is 0 Å². The number of benzene rings is 3. The molecule has 0 saturated heterocycles. The molecule has 0 bridgehead atoms. The van der Waals surface area contributed by atoms with Gasteiger partial charge in [-0.1, -0.05) is 91.0 Å². The molecule has 0 radical (unpaired) electrons. The second-order valence-corrected chi connectivity index (χ2v) is 8.71. The zero-order valence-corrected chi connectivity index (χ0v) is 17.7. The second kappa shape index (κ2) is 9.28. The van der Waals surface area contributed by atoms with Crippen LogP contribution >= 0.6 is 0 Å². The van der Waals surface area contributed by atoms with Crippen molar-refractivity contribution in [2.45, 2.75) is 31.2 Å². The Morgan fingerprint density at radius 1 is 0.833 bits per heavy atom. The molecule has 1 aliphatic rings. The van der Waals surface area contributed by atoms with Gasteiger partial charge in [-0.15, -0.1) is 0 Å². The van der Waals surface area contributed by atoms with Gasteiger partial charge in [-0.3, -0.25) is 0 Å². The lowest BCUT2D eigenvalue weighted by atomic mass is 9.66. The number of hydrogen-bond acceptors (Lipinski definition) is 2. The van der Waals surface area contributed by atoms with Gasteiger partial charge in [-0.2, -0.15) is 5.26 Å². The second-order valence-electron chi connectivity index (χ2n) is 8.71. The van der Waals surface area contributed by atoms with Crippen LogP contribution < -0.4 is 0 Å². The molecule has 30 heavy (non-hydrogen) atoms. The Morgan fingerprint density at radius 3 is 1.90 bits per heavy atom. The number of hydrogen-bond donors (Lipinski definition) is 0. The summed E-state index contributed by atoms with van der Waals surface area (Å²) in [6, 6.07) is 34.3. The van der Waals surface area contributed by atoms with E-state index in [2.05, 4.69) is 96.9 Å². The quantitative estimate of drug-likeness (QED) is 0.488. The lowest BCUT2D eigenvalue weighted by molar-refractivity contribution is 0.262. The van der Waals surface area contributed by atoms with Crippen LogP contribution in [0, 0.1) is 23.2 Å². The van der Waals surface area contributed by atoms with Crippen LogP contribution in [0.3, 0.4) is 0 Å². The lowest BCUT2D eigenvalue weighted by Crippen LogP contribution is -2.34. The number of nitriles is 1. The highest BCUT2D eigenvalue weighted by Gasteiger charge is 2.45. The van der Waals surface area contributed by atoms with E-state index in [0.29, 0.717) is 11.8 Å². The SMILES string of the molecule is CN(Cc1ccccc1)CC1CCC(C(C#N)(c2ccccc2)c2ccccc2)C1. The lowest BCUT2D eigenvalue weighted by Gasteiger charge is -2.34. The molecule has 2 atom stereocenters. The zero-order chi connectivity index (χ0) is 20.8. The average molecular weight is 395 g/mol. The van der Waals surface area contributed by atoms with Gasteiger partial charge in [0, 0.05) is 13.1 Å². The molecule has 0 heterocycles. The van der Waals surface area contributed by atoms with E-state index in [1.54, 1.807) is 0 Å². The first kappa shape index (κ1) is 20.4. The van der Waals surface area contributed by atoms with Gasteiger partial charge in [-0.25, -0.2) is 0 Å². The third-order valence-corrected chi connectivity index (χ3v) is 6.65. The van der Waals surface area contributed by atoms with Gasteiger partial charge in [0.05, 0.1) is 6.07 Å². The van der Waals surface area contributed by atoms with E-state index in [1.165, 1.54) is 12.0 Å². The number of rotatable bonds is 7. The summed E-state index contributed by atoms with van der Waals surface area (Å²) in [6.07, 6.45) is 3.38. The predicted octanol–water partition coefficient (Wildman–Crippen LogP) is 6.04. The van der Waals surface area contributed by atoms with Crippen molar-refractivity contribution < 1.29 is 0 Å². The Bertz CT molecular complexity index is 920. The first-order valence-corrected chi connectivity index (χ1v) is 11.0. The fraction of sp³-hybridized carbons (Fsp3) is 0.321. The molecule has 0 aromatic heterocycles. The predicted molar refractivity (Wildman–Crippen MR) is 123 cm³/mol. The molecular formula is C28H30N2. The van der Waals surface area contributed by atoms with E-state index >= 15 is 0 Å². The van der Waals surface area contributed by atoms with E-state index in [0.717, 1.165) is 37.1 Å². The van der Waals surface area contributed by atoms with Crippen molar-refractivity contribution >= 4 is 0 Å². The summed E-state index contributed by atoms with van der Waals surface area (Å²) in [7, 11) is 2.21. The molecule has 1 saturated carbocycles. The normalized spacial score (nSPS) is 19.0. The minimum absolute atomic E-state index is 0.336. The molecule has 0 spiro atoms. The largest absolute Gasteiger partial charge is 0.302 e. The molecule has 0 N–H and O–H groups in total. The zero-order valence-electron chi connectivity index (χ0n) is 17.7. The summed E-state index contributed by atoms with van der Waals surface area (Å²) in [5, 5.41) is 10.5. The maximum absolute atomic E-state index is 10.5. The summed E-state index contributed by atoms with van der Waals surface area (Å²) in [5.41, 5.74) is 3.04. The fourth-order valence-electron chi connectivity index (χ4n) is 5.30. The molecular weight excluding hydrogens is 364 g/mol. The van der Waals surface area contributed by atoms with Crippen molar-refractivity contribution in [3.05, 3.63) is 108 Å². The van der Waals surface area contributed by atoms with Gasteiger partial charge in [-0.05, 0) is 54.8 Å². The summed E-state index contributed by atoms with van der Waals surface area (Å²) < 4.78 is 0. The van der Waals surface area contributed by atoms with E-state index in [-0.39, 0.29) is 0 Å². The van der Waals surface area contributed by atoms with E-state index < -0.39 is 5.41 Å². The smallest absolute Gasteiger partial charge is 0.110 e. The van der Waals surface area contributed by atoms with Crippen LogP contribution in [0.15, 0.2) is 91.0 Å². The molecule has 1 fully saturated rings. The molecule has 3 aromatic rings. The van der Waals surface area contributed by atoms with Gasteiger partial charge in [0.2, 0.25) is 0 Å². The Labute approximate surface area is 180 Å². The van der Waals surface area contributed by atoms with Crippen LogP contribution in [0.1, 0.15) is 36.0 Å². The summed E-state index contributed by atoms with van der Waals surface area (Å²) in [6.45, 7) is 2.05. The van der Waals surface area contributed by atoms with Gasteiger partial charge < -0.3 is 4.90 Å². The van der Waals surface area contributed by atoms with Crippen LogP contribution in [0.4, 0.5) is 0 Å². The minimum Gasteiger partial charge on any atom is -0.302 e. The summed E-state index contributed by atoms with van der Waals surface area (Å²) >= 11 is 0. The maximum atomic E-state index is 10.5. The third-order valence-electron chi connectivity index (χ3n) is 6.65. The van der Waals surface area contributed by atoms with Crippen molar-refractivity contribution in [1.82, 2.24) is 4.90 Å². The van der Waals surface area contributed by atoms with Crippen molar-refractivity contribution in [2.75, 3.05) is 13.6 Å². The first-order valence-electron chi connectivity index (χ1n) is 11.0. The average Bonchev–Trinajstić information content (AvgIpc) is 3.25. The molecule has 0 amide bonds. The molecule has 0 aliphatic heterocycles. The van der Waals surface area contributed by atoms with Crippen LogP contribution in [0.25, 0.3) is 0 Å². The summed E-state index contributed by atoms with van der Waals surface area (Å²) in [4.78, 5) is 2.43. The topological polar surface area (TPSA) is 27.0 Å². The van der Waals surface area contributed by atoms with E-state index in [1.807, 2.05) is 12.1 Å². The van der Waals surface area contributed by atoms with Crippen LogP contribution in [-0.2, 0) is 12.0 Å². The van der Waals surface area contributed by atoms with E-state index in [4.69, 9.17) is 0 Å². The molecule has 2 heteroatoms. The van der Waals surface area contributed by atoms with E-state index in [9.17, 15) is 5.26 Å². The van der Waals surface area contributed by atoms with Gasteiger partial charge in [0.1, 0.15) is 5.41 Å².